The average Bonchev–Trinajstić information content (AvgIpc) is 4.13. The molecule has 1 aliphatic heterocycles. The molecule has 12 atom stereocenters. The largest absolute Gasteiger partial charge is 0.391 e. The Hall–Kier alpha value is -7.10. The van der Waals surface area contributed by atoms with Gasteiger partial charge in [0.25, 0.3) is 0 Å². The van der Waals surface area contributed by atoms with Gasteiger partial charge < -0.3 is 86.3 Å². The van der Waals surface area contributed by atoms with Crippen LogP contribution in [0.5, 0.6) is 0 Å². The summed E-state index contributed by atoms with van der Waals surface area (Å²) in [6, 6.07) is 4.49. The summed E-state index contributed by atoms with van der Waals surface area (Å²) in [7, 11) is 0. The smallest absolute Gasteiger partial charge is 0.245 e. The average molecular weight is 1150 g/mol. The molecule has 1 saturated carbocycles. The number of aliphatic hydroxyl groups excluding tert-OH is 2. The fraction of sp³-hybridized carbons (Fsp3) is 0.607. The highest BCUT2D eigenvalue weighted by Gasteiger charge is 2.39. The summed E-state index contributed by atoms with van der Waals surface area (Å²) < 4.78 is 0. The molecule has 4 rings (SSSR count). The number of aliphatic hydroxyl groups is 2. The summed E-state index contributed by atoms with van der Waals surface area (Å²) in [5, 5.41) is 47.7. The lowest BCUT2D eigenvalue weighted by Crippen LogP contribution is -2.61. The maximum atomic E-state index is 14.6. The summed E-state index contributed by atoms with van der Waals surface area (Å²) >= 11 is 0. The van der Waals surface area contributed by atoms with Crippen LogP contribution in [0.3, 0.4) is 0 Å². The van der Waals surface area contributed by atoms with Gasteiger partial charge in [-0.05, 0) is 114 Å². The van der Waals surface area contributed by atoms with Crippen LogP contribution in [0.4, 0.5) is 0 Å². The molecule has 26 nitrogen and oxygen atoms in total. The van der Waals surface area contributed by atoms with Crippen LogP contribution >= 0.6 is 0 Å². The quantitative estimate of drug-likeness (QED) is 0.0539. The van der Waals surface area contributed by atoms with Crippen LogP contribution in [0.2, 0.25) is 0 Å². The molecule has 2 aliphatic rings. The Balaban J connectivity index is 1.73. The summed E-state index contributed by atoms with van der Waals surface area (Å²) in [6.07, 6.45) is -0.745. The fourth-order valence-corrected chi connectivity index (χ4v) is 10.0. The predicted molar refractivity (Wildman–Crippen MR) is 304 cm³/mol. The van der Waals surface area contributed by atoms with Crippen molar-refractivity contribution in [3.63, 3.8) is 0 Å². The van der Waals surface area contributed by atoms with Gasteiger partial charge in [0.2, 0.25) is 59.1 Å². The zero-order chi connectivity index (χ0) is 60.5. The van der Waals surface area contributed by atoms with Crippen LogP contribution in [-0.2, 0) is 54.4 Å². The number of amides is 10. The van der Waals surface area contributed by atoms with E-state index in [9.17, 15) is 58.2 Å². The molecule has 1 saturated heterocycles. The molecule has 26 heteroatoms. The molecular formula is C56H88N14O12. The maximum Gasteiger partial charge on any atom is 0.245 e. The van der Waals surface area contributed by atoms with Gasteiger partial charge in [0.05, 0.1) is 18.1 Å². The number of nitrogens with two attached hydrogens (primary N) is 4. The van der Waals surface area contributed by atoms with Crippen LogP contribution in [0.25, 0.3) is 0 Å². The van der Waals surface area contributed by atoms with Gasteiger partial charge in [-0.15, -0.1) is 0 Å². The molecule has 2 aromatic carbocycles. The second kappa shape index (κ2) is 34.4. The number of hydrogen-bond acceptors (Lipinski definition) is 16. The monoisotopic (exact) mass is 1150 g/mol. The second-order valence-electron chi connectivity index (χ2n) is 21.5. The summed E-state index contributed by atoms with van der Waals surface area (Å²) in [4.78, 5) is 142. The Morgan fingerprint density at radius 3 is 1.56 bits per heavy atom. The van der Waals surface area contributed by atoms with Gasteiger partial charge in [0, 0.05) is 13.0 Å². The second-order valence-corrected chi connectivity index (χ2v) is 21.5. The van der Waals surface area contributed by atoms with Crippen LogP contribution in [-0.4, -0.2) is 169 Å². The summed E-state index contributed by atoms with van der Waals surface area (Å²) in [6.45, 7) is 5.10. The van der Waals surface area contributed by atoms with Gasteiger partial charge in [-0.25, -0.2) is 0 Å². The highest BCUT2D eigenvalue weighted by atomic mass is 16.3. The first-order valence-corrected chi connectivity index (χ1v) is 28.4. The topological polar surface area (TPSA) is 436 Å². The van der Waals surface area contributed by atoms with E-state index in [-0.39, 0.29) is 76.5 Å². The van der Waals surface area contributed by atoms with E-state index in [0.29, 0.717) is 5.56 Å². The van der Waals surface area contributed by atoms with Crippen molar-refractivity contribution in [1.82, 2.24) is 53.2 Å². The summed E-state index contributed by atoms with van der Waals surface area (Å²) in [5.41, 5.74) is 25.0. The van der Waals surface area contributed by atoms with Gasteiger partial charge >= 0.3 is 0 Å². The van der Waals surface area contributed by atoms with Crippen LogP contribution < -0.4 is 76.1 Å². The van der Waals surface area contributed by atoms with E-state index >= 15 is 0 Å². The fourth-order valence-electron chi connectivity index (χ4n) is 10.0. The standard InChI is InChI=1S/C56H88N14O12/c1-31(2)29-42-52(78)64-37(19-24-57)47(73)63-40(22-27-60)51(77)69-45(32(3)71)55(81)61-28-23-41(50(76)62-38(20-25-58)49(75)68-43(53(79)67-42)30-34-13-7-5-8-14-34)65-48(74)39(21-26-59)66-56(82)46(33(4)72)70-54(80)44(36-17-11-12-18-36)35-15-9-6-10-16-35/h5-10,13-16,31-33,36-46,71-72H,11-12,17-30,57-60H2,1-4H3,(H,61,81)(H,62,76)(H,63,73)(H,64,78)(H,65,74)(H,66,82)(H,67,79)(H,68,75)(H,69,77)(H,70,80)/t32-,33-,37+,38+,39+,40+,41+,42+,43-,44?,45+,46+/m1/s1. The van der Waals surface area contributed by atoms with Gasteiger partial charge in [-0.3, -0.25) is 47.9 Å². The Labute approximate surface area is 479 Å². The maximum absolute atomic E-state index is 14.6. The minimum Gasteiger partial charge on any atom is -0.391 e. The van der Waals surface area contributed by atoms with Crippen LogP contribution in [0.1, 0.15) is 109 Å². The number of carbonyl (C=O) groups is 10. The minimum atomic E-state index is -1.66. The number of rotatable bonds is 22. The molecule has 10 amide bonds. The van der Waals surface area contributed by atoms with Crippen molar-refractivity contribution in [2.45, 2.75) is 171 Å². The number of hydrogen-bond donors (Lipinski definition) is 16. The van der Waals surface area contributed by atoms with Crippen molar-refractivity contribution in [2.75, 3.05) is 32.7 Å². The van der Waals surface area contributed by atoms with Crippen LogP contribution in [0, 0.1) is 11.8 Å². The molecule has 0 radical (unpaired) electrons. The molecule has 82 heavy (non-hydrogen) atoms. The third kappa shape index (κ3) is 21.0. The third-order valence-corrected chi connectivity index (χ3v) is 14.4. The van der Waals surface area contributed by atoms with Gasteiger partial charge in [-0.2, -0.15) is 0 Å². The van der Waals surface area contributed by atoms with E-state index in [1.54, 1.807) is 56.3 Å². The molecule has 454 valence electrons. The van der Waals surface area contributed by atoms with E-state index in [2.05, 4.69) is 53.2 Å². The molecule has 2 aromatic rings. The molecule has 1 unspecified atom stereocenters. The molecule has 0 aromatic heterocycles. The predicted octanol–water partition coefficient (Wildman–Crippen LogP) is -3.71. The van der Waals surface area contributed by atoms with Crippen molar-refractivity contribution in [1.29, 1.82) is 0 Å². The Morgan fingerprint density at radius 2 is 1.05 bits per heavy atom. The Kier molecular flexibility index (Phi) is 28.3. The van der Waals surface area contributed by atoms with Gasteiger partial charge in [0.1, 0.15) is 54.4 Å². The highest BCUT2D eigenvalue weighted by Crippen LogP contribution is 2.37. The van der Waals surface area contributed by atoms with E-state index in [4.69, 9.17) is 22.9 Å². The molecule has 1 aliphatic carbocycles. The van der Waals surface area contributed by atoms with Gasteiger partial charge in [0.15, 0.2) is 0 Å². The number of carbonyl (C=O) groups excluding carboxylic acids is 10. The molecule has 1 heterocycles. The molecule has 20 N–H and O–H groups in total. The van der Waals surface area contributed by atoms with Crippen LogP contribution in [0.15, 0.2) is 60.7 Å². The first-order chi connectivity index (χ1) is 39.1. The van der Waals surface area contributed by atoms with Crippen molar-refractivity contribution in [2.24, 2.45) is 34.8 Å². The SMILES string of the molecule is CC(C)C[C@@H]1NC(=O)[C@@H](Cc2ccccc2)NC(=O)[C@H](CCN)NC(=O)[C@@H](NC(=O)[C@H](CCN)NC(=O)[C@@H](NC(=O)C(c2ccccc2)C2CCCC2)[C@@H](C)O)CCNC(=O)[C@H]([C@@H](C)O)NC(=O)[C@H](CCN)NC(=O)[C@H](CCN)NC1=O. The number of benzene rings is 2. The van der Waals surface area contributed by atoms with Crippen molar-refractivity contribution in [3.8, 4) is 0 Å². The zero-order valence-electron chi connectivity index (χ0n) is 47.5. The van der Waals surface area contributed by atoms with Crippen molar-refractivity contribution in [3.05, 3.63) is 71.8 Å². The third-order valence-electron chi connectivity index (χ3n) is 14.4. The molecular weight excluding hydrogens is 1060 g/mol. The summed E-state index contributed by atoms with van der Waals surface area (Å²) in [5.74, 6) is -9.49. The van der Waals surface area contributed by atoms with Gasteiger partial charge in [-0.1, -0.05) is 87.4 Å². The lowest BCUT2D eigenvalue weighted by atomic mass is 9.84. The normalized spacial score (nSPS) is 24.1. The Bertz CT molecular complexity index is 2430. The molecule has 0 spiro atoms. The highest BCUT2D eigenvalue weighted by molar-refractivity contribution is 5.99. The van der Waals surface area contributed by atoms with E-state index in [0.717, 1.165) is 31.2 Å². The molecule has 2 fully saturated rings. The number of nitrogens with one attached hydrogen (secondary N) is 10. The van der Waals surface area contributed by atoms with E-state index in [1.165, 1.54) is 13.8 Å². The first-order valence-electron chi connectivity index (χ1n) is 28.4. The minimum absolute atomic E-state index is 0.0231. The zero-order valence-corrected chi connectivity index (χ0v) is 47.5. The first kappa shape index (κ1) is 67.4. The molecule has 0 bridgehead atoms. The lowest BCUT2D eigenvalue weighted by molar-refractivity contribution is -0.136. The Morgan fingerprint density at radius 1 is 0.561 bits per heavy atom. The van der Waals surface area contributed by atoms with E-state index < -0.39 is 145 Å². The van der Waals surface area contributed by atoms with Crippen molar-refractivity contribution < 1.29 is 58.2 Å². The van der Waals surface area contributed by atoms with Crippen molar-refractivity contribution >= 4 is 59.1 Å². The van der Waals surface area contributed by atoms with E-state index in [1.807, 2.05) is 18.2 Å². The lowest BCUT2D eigenvalue weighted by Gasteiger charge is -2.29.